The Labute approximate surface area is 142 Å². The Morgan fingerprint density at radius 1 is 1.08 bits per heavy atom. The molecule has 6 nitrogen and oxygen atoms in total. The molecule has 0 saturated carbocycles. The first-order valence-electron chi connectivity index (χ1n) is 7.68. The number of benzene rings is 1. The van der Waals surface area contributed by atoms with E-state index in [1.165, 1.54) is 0 Å². The average Bonchev–Trinajstić information content (AvgIpc) is 2.62. The summed E-state index contributed by atoms with van der Waals surface area (Å²) in [5.41, 5.74) is 0.384. The second-order valence-electron chi connectivity index (χ2n) is 5.67. The van der Waals surface area contributed by atoms with E-state index in [1.807, 2.05) is 4.90 Å². The van der Waals surface area contributed by atoms with E-state index in [2.05, 4.69) is 15.3 Å². The molecule has 1 amide bonds. The maximum absolute atomic E-state index is 13.8. The van der Waals surface area contributed by atoms with E-state index in [1.54, 1.807) is 17.9 Å². The van der Waals surface area contributed by atoms with Gasteiger partial charge in [0, 0.05) is 37.9 Å². The van der Waals surface area contributed by atoms with Gasteiger partial charge in [-0.05, 0) is 19.1 Å². The summed E-state index contributed by atoms with van der Waals surface area (Å²) >= 11 is 0. The summed E-state index contributed by atoms with van der Waals surface area (Å²) in [6.07, 6.45) is 0.807. The number of rotatable bonds is 4. The van der Waals surface area contributed by atoms with E-state index in [-0.39, 0.29) is 11.6 Å². The van der Waals surface area contributed by atoms with Crippen molar-refractivity contribution in [2.24, 2.45) is 0 Å². The van der Waals surface area contributed by atoms with Gasteiger partial charge in [-0.25, -0.2) is 18.2 Å². The zero-order valence-electron chi connectivity index (χ0n) is 13.5. The van der Waals surface area contributed by atoms with Gasteiger partial charge < -0.3 is 15.1 Å². The number of nitrogens with one attached hydrogen (secondary N) is 1. The molecule has 1 fully saturated rings. The SMILES string of the molecule is Cc1cc(N2CCN(C=O)CC2)nc(Nc2ccc(F)c(F)c2F)n1. The maximum atomic E-state index is 13.8. The first-order valence-corrected chi connectivity index (χ1v) is 7.68. The highest BCUT2D eigenvalue weighted by molar-refractivity contribution is 5.57. The van der Waals surface area contributed by atoms with Gasteiger partial charge in [0.1, 0.15) is 5.82 Å². The van der Waals surface area contributed by atoms with Gasteiger partial charge in [0.2, 0.25) is 12.4 Å². The minimum Gasteiger partial charge on any atom is -0.353 e. The van der Waals surface area contributed by atoms with Crippen molar-refractivity contribution in [3.8, 4) is 0 Å². The Bertz CT molecular complexity index is 794. The maximum Gasteiger partial charge on any atom is 0.229 e. The van der Waals surface area contributed by atoms with Gasteiger partial charge in [-0.1, -0.05) is 0 Å². The number of nitrogens with zero attached hydrogens (tertiary/aromatic N) is 4. The largest absolute Gasteiger partial charge is 0.353 e. The first-order chi connectivity index (χ1) is 12.0. The third kappa shape index (κ3) is 3.65. The molecule has 0 bridgehead atoms. The van der Waals surface area contributed by atoms with Crippen LogP contribution in [0.3, 0.4) is 0 Å². The molecule has 132 valence electrons. The Morgan fingerprint density at radius 3 is 2.48 bits per heavy atom. The molecule has 0 radical (unpaired) electrons. The number of piperazine rings is 1. The van der Waals surface area contributed by atoms with Crippen molar-refractivity contribution in [3.63, 3.8) is 0 Å². The Balaban J connectivity index is 1.83. The number of hydrogen-bond acceptors (Lipinski definition) is 5. The Kier molecular flexibility index (Phi) is 4.73. The highest BCUT2D eigenvalue weighted by Crippen LogP contribution is 2.24. The summed E-state index contributed by atoms with van der Waals surface area (Å²) in [4.78, 5) is 22.9. The summed E-state index contributed by atoms with van der Waals surface area (Å²) in [5.74, 6) is -3.45. The summed E-state index contributed by atoms with van der Waals surface area (Å²) < 4.78 is 40.2. The topological polar surface area (TPSA) is 61.4 Å². The quantitative estimate of drug-likeness (QED) is 0.676. The van der Waals surface area contributed by atoms with Crippen LogP contribution in [0.2, 0.25) is 0 Å². The zero-order valence-corrected chi connectivity index (χ0v) is 13.5. The molecule has 0 unspecified atom stereocenters. The molecule has 0 aliphatic carbocycles. The number of hydrogen-bond donors (Lipinski definition) is 1. The molecular weight excluding hydrogens is 335 g/mol. The van der Waals surface area contributed by atoms with Crippen molar-refractivity contribution in [3.05, 3.63) is 41.3 Å². The molecule has 1 N–H and O–H groups in total. The van der Waals surface area contributed by atoms with Gasteiger partial charge in [0.15, 0.2) is 17.5 Å². The van der Waals surface area contributed by atoms with Gasteiger partial charge in [-0.3, -0.25) is 4.79 Å². The summed E-state index contributed by atoms with van der Waals surface area (Å²) in [6.45, 7) is 4.11. The minimum absolute atomic E-state index is 0.0812. The first kappa shape index (κ1) is 17.0. The summed E-state index contributed by atoms with van der Waals surface area (Å²) in [7, 11) is 0. The molecular formula is C16H16F3N5O. The fourth-order valence-corrected chi connectivity index (χ4v) is 2.57. The van der Waals surface area contributed by atoms with Crippen molar-refractivity contribution in [1.29, 1.82) is 0 Å². The third-order valence-corrected chi connectivity index (χ3v) is 3.91. The molecule has 0 spiro atoms. The number of aryl methyl sites for hydroxylation is 1. The number of carbonyl (C=O) groups is 1. The number of carbonyl (C=O) groups excluding carboxylic acids is 1. The Hall–Kier alpha value is -2.84. The number of anilines is 3. The second kappa shape index (κ2) is 6.96. The van der Waals surface area contributed by atoms with Crippen LogP contribution in [-0.4, -0.2) is 47.5 Å². The lowest BCUT2D eigenvalue weighted by atomic mass is 10.3. The van der Waals surface area contributed by atoms with E-state index in [0.717, 1.165) is 18.5 Å². The Morgan fingerprint density at radius 2 is 1.80 bits per heavy atom. The number of halogens is 3. The standard InChI is InChI=1S/C16H16F3N5O/c1-10-8-13(24-6-4-23(9-25)5-7-24)22-16(20-10)21-12-3-2-11(17)14(18)15(12)19/h2-3,8-9H,4-7H2,1H3,(H,20,21,22). The van der Waals surface area contributed by atoms with Crippen LogP contribution in [0.1, 0.15) is 5.69 Å². The van der Waals surface area contributed by atoms with Gasteiger partial charge in [0.25, 0.3) is 0 Å². The van der Waals surface area contributed by atoms with Crippen LogP contribution in [-0.2, 0) is 4.79 Å². The molecule has 1 aliphatic rings. The predicted molar refractivity (Wildman–Crippen MR) is 86.2 cm³/mol. The van der Waals surface area contributed by atoms with Gasteiger partial charge in [-0.15, -0.1) is 0 Å². The molecule has 0 atom stereocenters. The minimum atomic E-state index is -1.55. The number of aromatic nitrogens is 2. The van der Waals surface area contributed by atoms with Crippen molar-refractivity contribution in [2.45, 2.75) is 6.92 Å². The molecule has 2 aromatic rings. The predicted octanol–water partition coefficient (Wildman–Crippen LogP) is 2.22. The smallest absolute Gasteiger partial charge is 0.229 e. The summed E-state index contributed by atoms with van der Waals surface area (Å²) in [5, 5.41) is 2.58. The van der Waals surface area contributed by atoms with Crippen molar-refractivity contribution >= 4 is 23.9 Å². The fraction of sp³-hybridized carbons (Fsp3) is 0.312. The highest BCUT2D eigenvalue weighted by atomic mass is 19.2. The van der Waals surface area contributed by atoms with Gasteiger partial charge in [-0.2, -0.15) is 4.98 Å². The van der Waals surface area contributed by atoms with Crippen LogP contribution in [0.4, 0.5) is 30.6 Å². The van der Waals surface area contributed by atoms with Crippen LogP contribution >= 0.6 is 0 Å². The lowest BCUT2D eigenvalue weighted by Gasteiger charge is -2.33. The monoisotopic (exact) mass is 351 g/mol. The molecule has 1 saturated heterocycles. The van der Waals surface area contributed by atoms with E-state index in [0.29, 0.717) is 37.7 Å². The van der Waals surface area contributed by atoms with E-state index < -0.39 is 17.5 Å². The van der Waals surface area contributed by atoms with Crippen LogP contribution < -0.4 is 10.2 Å². The molecule has 3 rings (SSSR count). The lowest BCUT2D eigenvalue weighted by Crippen LogP contribution is -2.46. The molecule has 2 heterocycles. The molecule has 25 heavy (non-hydrogen) atoms. The van der Waals surface area contributed by atoms with E-state index in [4.69, 9.17) is 0 Å². The lowest BCUT2D eigenvalue weighted by molar-refractivity contribution is -0.118. The fourth-order valence-electron chi connectivity index (χ4n) is 2.57. The second-order valence-corrected chi connectivity index (χ2v) is 5.67. The molecule has 1 aliphatic heterocycles. The number of amides is 1. The van der Waals surface area contributed by atoms with Crippen molar-refractivity contribution in [1.82, 2.24) is 14.9 Å². The van der Waals surface area contributed by atoms with E-state index >= 15 is 0 Å². The highest BCUT2D eigenvalue weighted by Gasteiger charge is 2.19. The average molecular weight is 351 g/mol. The van der Waals surface area contributed by atoms with Gasteiger partial charge >= 0.3 is 0 Å². The van der Waals surface area contributed by atoms with Crippen molar-refractivity contribution in [2.75, 3.05) is 36.4 Å². The summed E-state index contributed by atoms with van der Waals surface area (Å²) in [6, 6.07) is 3.68. The van der Waals surface area contributed by atoms with Crippen LogP contribution in [0.5, 0.6) is 0 Å². The van der Waals surface area contributed by atoms with Gasteiger partial charge in [0.05, 0.1) is 5.69 Å². The van der Waals surface area contributed by atoms with Crippen molar-refractivity contribution < 1.29 is 18.0 Å². The molecule has 9 heteroatoms. The van der Waals surface area contributed by atoms with Crippen LogP contribution in [0.25, 0.3) is 0 Å². The zero-order chi connectivity index (χ0) is 18.0. The van der Waals surface area contributed by atoms with Crippen LogP contribution in [0.15, 0.2) is 18.2 Å². The third-order valence-electron chi connectivity index (χ3n) is 3.91. The van der Waals surface area contributed by atoms with Crippen LogP contribution in [0, 0.1) is 24.4 Å². The molecule has 1 aromatic carbocycles. The molecule has 1 aromatic heterocycles. The normalized spacial score (nSPS) is 14.6. The van der Waals surface area contributed by atoms with E-state index in [9.17, 15) is 18.0 Å².